The van der Waals surface area contributed by atoms with E-state index >= 15 is 0 Å². The first-order valence-electron chi connectivity index (χ1n) is 2.60. The van der Waals surface area contributed by atoms with E-state index in [1.54, 1.807) is 0 Å². The Balaban J connectivity index is 4.39. The molecule has 0 amide bonds. The predicted octanol–water partition coefficient (Wildman–Crippen LogP) is 1.56. The van der Waals surface area contributed by atoms with Gasteiger partial charge in [0.2, 0.25) is 0 Å². The maximum absolute atomic E-state index is 11.9. The Bertz CT molecular complexity index is 144. The summed E-state index contributed by atoms with van der Waals surface area (Å²) >= 11 is 0. The fourth-order valence-electron chi connectivity index (χ4n) is 0.0982. The number of nitriles is 1. The van der Waals surface area contributed by atoms with E-state index in [1.807, 2.05) is 0 Å². The van der Waals surface area contributed by atoms with Gasteiger partial charge < -0.3 is 0 Å². The average molecular weight is 107 g/mol. The fraction of sp³-hybridized carbons (Fsp3) is 0.750. The van der Waals surface area contributed by atoms with E-state index in [-0.39, 0.29) is 0 Å². The predicted molar refractivity (Wildman–Crippen MR) is 20.9 cm³/mol. The lowest BCUT2D eigenvalue weighted by Crippen LogP contribution is -2.06. The van der Waals surface area contributed by atoms with Crippen LogP contribution in [0.1, 0.15) is 16.0 Å². The highest BCUT2D eigenvalue weighted by molar-refractivity contribution is 4.77. The molecule has 0 radical (unpaired) electrons. The molecule has 1 nitrogen and oxygen atoms in total. The van der Waals surface area contributed by atoms with Gasteiger partial charge in [0.1, 0.15) is 0 Å². The van der Waals surface area contributed by atoms with Crippen molar-refractivity contribution in [3.8, 4) is 6.07 Å². The Labute approximate surface area is 43.4 Å². The second kappa shape index (κ2) is 1.87. The standard InChI is InChI=1S/C4H5F2N/c1-4(5,6)2-3-7/h2H2,1H3/i2D2. The Hall–Kier alpha value is -0.650. The van der Waals surface area contributed by atoms with Gasteiger partial charge in [0.15, 0.2) is 0 Å². The van der Waals surface area contributed by atoms with Crippen molar-refractivity contribution in [2.24, 2.45) is 0 Å². The van der Waals surface area contributed by atoms with Crippen molar-refractivity contribution >= 4 is 0 Å². The molecule has 40 valence electrons. The molecule has 0 aliphatic heterocycles. The van der Waals surface area contributed by atoms with Gasteiger partial charge in [0, 0.05) is 9.67 Å². The van der Waals surface area contributed by atoms with Crippen molar-refractivity contribution in [3.63, 3.8) is 0 Å². The molecule has 0 bridgehead atoms. The molecule has 0 N–H and O–H groups in total. The summed E-state index contributed by atoms with van der Waals surface area (Å²) in [5.41, 5.74) is 0. The summed E-state index contributed by atoms with van der Waals surface area (Å²) in [6.45, 7) is 0.371. The molecule has 0 aromatic carbocycles. The second-order valence-electron chi connectivity index (χ2n) is 1.13. The van der Waals surface area contributed by atoms with Crippen molar-refractivity contribution in [3.05, 3.63) is 0 Å². The third-order valence-electron chi connectivity index (χ3n) is 0.275. The zero-order chi connectivity index (χ0) is 7.71. The van der Waals surface area contributed by atoms with Crippen molar-refractivity contribution in [2.45, 2.75) is 19.2 Å². The van der Waals surface area contributed by atoms with E-state index in [9.17, 15) is 8.78 Å². The van der Waals surface area contributed by atoms with Gasteiger partial charge in [-0.15, -0.1) is 0 Å². The van der Waals surface area contributed by atoms with Crippen molar-refractivity contribution in [1.82, 2.24) is 0 Å². The molecule has 0 saturated heterocycles. The maximum Gasteiger partial charge on any atom is 0.258 e. The first-order chi connectivity index (χ1) is 3.81. The van der Waals surface area contributed by atoms with Gasteiger partial charge in [0.25, 0.3) is 5.92 Å². The highest BCUT2D eigenvalue weighted by Crippen LogP contribution is 2.14. The minimum Gasteiger partial charge on any atom is -0.206 e. The number of halogens is 2. The molecule has 0 aromatic rings. The van der Waals surface area contributed by atoms with E-state index in [2.05, 4.69) is 0 Å². The molecule has 7 heavy (non-hydrogen) atoms. The summed E-state index contributed by atoms with van der Waals surface area (Å²) in [5.74, 6) is -3.58. The Morgan fingerprint density at radius 1 is 2.00 bits per heavy atom. The van der Waals surface area contributed by atoms with Crippen LogP contribution in [0.3, 0.4) is 0 Å². The van der Waals surface area contributed by atoms with Gasteiger partial charge in [-0.25, -0.2) is 8.78 Å². The van der Waals surface area contributed by atoms with E-state index in [1.165, 1.54) is 0 Å². The lowest BCUT2D eigenvalue weighted by atomic mass is 10.3. The van der Waals surface area contributed by atoms with Crippen LogP contribution in [-0.4, -0.2) is 5.92 Å². The molecule has 0 fully saturated rings. The van der Waals surface area contributed by atoms with Crippen LogP contribution in [0.15, 0.2) is 0 Å². The molecule has 0 spiro atoms. The van der Waals surface area contributed by atoms with Crippen molar-refractivity contribution < 1.29 is 11.5 Å². The summed E-state index contributed by atoms with van der Waals surface area (Å²) in [5, 5.41) is 7.82. The van der Waals surface area contributed by atoms with Gasteiger partial charge >= 0.3 is 0 Å². The van der Waals surface area contributed by atoms with Crippen LogP contribution in [0, 0.1) is 11.3 Å². The highest BCUT2D eigenvalue weighted by atomic mass is 19.3. The average Bonchev–Trinajstić information content (AvgIpc) is 1.64. The Kier molecular flexibility index (Phi) is 0.901. The fourth-order valence-corrected chi connectivity index (χ4v) is 0.0982. The number of hydrogen-bond donors (Lipinski definition) is 0. The minimum absolute atomic E-state index is 0.371. The van der Waals surface area contributed by atoms with Gasteiger partial charge in [-0.3, -0.25) is 0 Å². The minimum atomic E-state index is -3.58. The van der Waals surface area contributed by atoms with E-state index < -0.39 is 12.3 Å². The van der Waals surface area contributed by atoms with Crippen LogP contribution in [0.4, 0.5) is 8.78 Å². The van der Waals surface area contributed by atoms with E-state index in [0.717, 1.165) is 6.07 Å². The molecule has 0 rings (SSSR count). The number of alkyl halides is 2. The van der Waals surface area contributed by atoms with Crippen LogP contribution >= 0.6 is 0 Å². The molecular weight excluding hydrogens is 100 g/mol. The summed E-state index contributed by atoms with van der Waals surface area (Å²) in [4.78, 5) is 0. The van der Waals surface area contributed by atoms with Crippen LogP contribution in [-0.2, 0) is 0 Å². The number of rotatable bonds is 1. The van der Waals surface area contributed by atoms with Crippen LogP contribution in [0.5, 0.6) is 0 Å². The van der Waals surface area contributed by atoms with Crippen LogP contribution < -0.4 is 0 Å². The van der Waals surface area contributed by atoms with Crippen molar-refractivity contribution in [2.75, 3.05) is 0 Å². The molecule has 0 heterocycles. The van der Waals surface area contributed by atoms with Gasteiger partial charge in [-0.2, -0.15) is 5.26 Å². The Morgan fingerprint density at radius 3 is 2.43 bits per heavy atom. The largest absolute Gasteiger partial charge is 0.258 e. The molecule has 0 aliphatic rings. The Morgan fingerprint density at radius 2 is 2.43 bits per heavy atom. The molecule has 0 saturated carbocycles. The third kappa shape index (κ3) is 5.35. The topological polar surface area (TPSA) is 23.8 Å². The highest BCUT2D eigenvalue weighted by Gasteiger charge is 2.19. The third-order valence-corrected chi connectivity index (χ3v) is 0.275. The quantitative estimate of drug-likeness (QED) is 0.498. The number of hydrogen-bond acceptors (Lipinski definition) is 1. The van der Waals surface area contributed by atoms with E-state index in [4.69, 9.17) is 8.00 Å². The molecule has 0 aromatic heterocycles. The molecular formula is C4H5F2N. The molecule has 0 unspecified atom stereocenters. The lowest BCUT2D eigenvalue weighted by molar-refractivity contribution is 0.0274. The molecule has 3 heteroatoms. The summed E-state index contributed by atoms with van der Waals surface area (Å²) in [6, 6.07) is 0.865. The normalized spacial score (nSPS) is 16.9. The summed E-state index contributed by atoms with van der Waals surface area (Å²) < 4.78 is 36.6. The van der Waals surface area contributed by atoms with Crippen LogP contribution in [0.2, 0.25) is 0 Å². The maximum atomic E-state index is 11.9. The number of nitrogens with zero attached hydrogens (tertiary/aromatic N) is 1. The SMILES string of the molecule is [2H]C([2H])(C#N)C(C)(F)F. The smallest absolute Gasteiger partial charge is 0.206 e. The van der Waals surface area contributed by atoms with Crippen molar-refractivity contribution in [1.29, 1.82) is 5.26 Å². The second-order valence-corrected chi connectivity index (χ2v) is 1.13. The zero-order valence-corrected chi connectivity index (χ0v) is 3.70. The monoisotopic (exact) mass is 107 g/mol. The summed E-state index contributed by atoms with van der Waals surface area (Å²) in [6.07, 6.45) is -3.05. The van der Waals surface area contributed by atoms with E-state index in [0.29, 0.717) is 6.92 Å². The van der Waals surface area contributed by atoms with Crippen LogP contribution in [0.25, 0.3) is 0 Å². The first kappa shape index (κ1) is 3.36. The first-order valence-corrected chi connectivity index (χ1v) is 1.60. The van der Waals surface area contributed by atoms with Gasteiger partial charge in [-0.05, 0) is 0 Å². The summed E-state index contributed by atoms with van der Waals surface area (Å²) in [7, 11) is 0. The van der Waals surface area contributed by atoms with Gasteiger partial charge in [0.05, 0.1) is 12.4 Å². The molecule has 0 aliphatic carbocycles. The van der Waals surface area contributed by atoms with Gasteiger partial charge in [-0.1, -0.05) is 0 Å². The lowest BCUT2D eigenvalue weighted by Gasteiger charge is -2.00. The molecule has 0 atom stereocenters. The zero-order valence-electron chi connectivity index (χ0n) is 5.70.